The Kier molecular flexibility index (Phi) is 9.29. The molecule has 0 amide bonds. The second-order valence-corrected chi connectivity index (χ2v) is 20.1. The van der Waals surface area contributed by atoms with Gasteiger partial charge in [0.15, 0.2) is 0 Å². The van der Waals surface area contributed by atoms with E-state index in [0.29, 0.717) is 0 Å². The van der Waals surface area contributed by atoms with E-state index >= 15 is 0 Å². The van der Waals surface area contributed by atoms with Gasteiger partial charge in [0, 0.05) is 17.1 Å². The molecule has 342 valence electrons. The van der Waals surface area contributed by atoms with Crippen LogP contribution in [0.25, 0.3) is 60.9 Å². The molecular weight excluding hydrogens is 879 g/mol. The molecule has 1 heteroatoms. The van der Waals surface area contributed by atoms with Gasteiger partial charge in [0.05, 0.1) is 10.8 Å². The van der Waals surface area contributed by atoms with E-state index in [2.05, 4.69) is 278 Å². The van der Waals surface area contributed by atoms with Crippen LogP contribution >= 0.6 is 0 Å². The van der Waals surface area contributed by atoms with Crippen molar-refractivity contribution in [3.05, 3.63) is 323 Å². The molecule has 0 N–H and O–H groups in total. The molecule has 73 heavy (non-hydrogen) atoms. The fourth-order valence-corrected chi connectivity index (χ4v) is 13.6. The van der Waals surface area contributed by atoms with E-state index in [1.54, 1.807) is 0 Å². The maximum Gasteiger partial charge on any atom is 0.0731 e. The van der Waals surface area contributed by atoms with Gasteiger partial charge < -0.3 is 4.90 Å². The molecule has 4 aliphatic rings. The Morgan fingerprint density at radius 3 is 1.55 bits per heavy atom. The minimum atomic E-state index is -0.519. The molecule has 0 saturated carbocycles. The van der Waals surface area contributed by atoms with Gasteiger partial charge in [0.2, 0.25) is 0 Å². The lowest BCUT2D eigenvalue weighted by Gasteiger charge is -2.35. The monoisotopic (exact) mass is 927 g/mol. The van der Waals surface area contributed by atoms with E-state index < -0.39 is 10.8 Å². The van der Waals surface area contributed by atoms with Crippen molar-refractivity contribution in [1.29, 1.82) is 0 Å². The Morgan fingerprint density at radius 2 is 0.863 bits per heavy atom. The molecule has 0 heterocycles. The van der Waals surface area contributed by atoms with Crippen LogP contribution < -0.4 is 4.90 Å². The van der Waals surface area contributed by atoms with Crippen molar-refractivity contribution >= 4 is 33.4 Å². The zero-order chi connectivity index (χ0) is 48.1. The molecule has 1 spiro atoms. The van der Waals surface area contributed by atoms with Crippen LogP contribution in [0, 0.1) is 0 Å². The molecule has 1 unspecified atom stereocenters. The van der Waals surface area contributed by atoms with E-state index in [-0.39, 0.29) is 0 Å². The number of anilines is 3. The largest absolute Gasteiger partial charge is 0.310 e. The summed E-state index contributed by atoms with van der Waals surface area (Å²) in [6.45, 7) is 0. The molecule has 11 aromatic rings. The Morgan fingerprint density at radius 1 is 0.329 bits per heavy atom. The van der Waals surface area contributed by atoms with Crippen LogP contribution in [0.5, 0.6) is 0 Å². The first kappa shape index (κ1) is 41.7. The lowest BCUT2D eigenvalue weighted by Crippen LogP contribution is -2.28. The van der Waals surface area contributed by atoms with Crippen LogP contribution in [0.3, 0.4) is 0 Å². The zero-order valence-electron chi connectivity index (χ0n) is 40.3. The standard InChI is InChI=1S/C72H49N/c1-4-19-48(20-5-1)49-35-40-54(41-36-49)73(56-44-45-61-59-27-12-15-32-64(59)71(68(61)47-56,52-22-6-2-7-23-52)53-24-8-3-9-25-53)55-42-37-51(38-43-55)58-30-18-31-62-60-28-13-16-33-65(60)72(70(58)62)66-34-17-14-29-63(66)69-57-26-11-10-21-50(57)39-46-67(69)72/h2-4,6-47H,1,5H2. The first-order valence-corrected chi connectivity index (χ1v) is 25.8. The summed E-state index contributed by atoms with van der Waals surface area (Å²) >= 11 is 0. The summed E-state index contributed by atoms with van der Waals surface area (Å²) in [5.41, 5.74) is 25.7. The van der Waals surface area contributed by atoms with Crippen LogP contribution in [0.4, 0.5) is 17.1 Å². The second-order valence-electron chi connectivity index (χ2n) is 20.1. The third kappa shape index (κ3) is 5.91. The number of hydrogen-bond donors (Lipinski definition) is 0. The number of nitrogens with zero attached hydrogens (tertiary/aromatic N) is 1. The molecule has 0 saturated heterocycles. The summed E-state index contributed by atoms with van der Waals surface area (Å²) in [7, 11) is 0. The van der Waals surface area contributed by atoms with Crippen molar-refractivity contribution in [3.8, 4) is 44.5 Å². The third-order valence-corrected chi connectivity index (χ3v) is 16.6. The minimum Gasteiger partial charge on any atom is -0.310 e. The number of fused-ring (bicyclic) bond motifs is 15. The first-order valence-electron chi connectivity index (χ1n) is 25.8. The van der Waals surface area contributed by atoms with E-state index in [4.69, 9.17) is 0 Å². The van der Waals surface area contributed by atoms with Crippen LogP contribution in [-0.4, -0.2) is 0 Å². The molecule has 0 aliphatic heterocycles. The van der Waals surface area contributed by atoms with Gasteiger partial charge in [0.1, 0.15) is 0 Å². The average Bonchev–Trinajstić information content (AvgIpc) is 4.07. The van der Waals surface area contributed by atoms with Crippen molar-refractivity contribution < 1.29 is 0 Å². The number of allylic oxidation sites excluding steroid dienone is 4. The molecule has 15 rings (SSSR count). The Balaban J connectivity index is 0.925. The molecule has 11 aromatic carbocycles. The fourth-order valence-electron chi connectivity index (χ4n) is 13.6. The van der Waals surface area contributed by atoms with Gasteiger partial charge >= 0.3 is 0 Å². The van der Waals surface area contributed by atoms with Gasteiger partial charge in [-0.2, -0.15) is 0 Å². The smallest absolute Gasteiger partial charge is 0.0731 e. The second kappa shape index (κ2) is 16.2. The van der Waals surface area contributed by atoms with Gasteiger partial charge in [0.25, 0.3) is 0 Å². The van der Waals surface area contributed by atoms with E-state index in [9.17, 15) is 0 Å². The average molecular weight is 928 g/mol. The topological polar surface area (TPSA) is 3.24 Å². The highest BCUT2D eigenvalue weighted by Gasteiger charge is 2.53. The van der Waals surface area contributed by atoms with E-state index in [0.717, 1.165) is 29.9 Å². The quantitative estimate of drug-likeness (QED) is 0.154. The summed E-state index contributed by atoms with van der Waals surface area (Å²) in [5.74, 6) is 0. The van der Waals surface area contributed by atoms with Crippen molar-refractivity contribution in [2.24, 2.45) is 0 Å². The highest BCUT2D eigenvalue weighted by Crippen LogP contribution is 2.65. The summed E-state index contributed by atoms with van der Waals surface area (Å²) in [6.07, 6.45) is 9.10. The minimum absolute atomic E-state index is 0.486. The van der Waals surface area contributed by atoms with Gasteiger partial charge in [-0.1, -0.05) is 237 Å². The normalized spacial score (nSPS) is 16.0. The Labute approximate surface area is 427 Å². The number of benzene rings is 11. The lowest BCUT2D eigenvalue weighted by atomic mass is 9.67. The maximum atomic E-state index is 2.48. The molecular formula is C72H49N. The highest BCUT2D eigenvalue weighted by atomic mass is 15.1. The zero-order valence-corrected chi connectivity index (χ0v) is 40.3. The Hall–Kier alpha value is -9.04. The maximum absolute atomic E-state index is 2.48. The fraction of sp³-hybridized carbons (Fsp3) is 0.0556. The number of rotatable bonds is 7. The van der Waals surface area contributed by atoms with Gasteiger partial charge in [-0.15, -0.1) is 0 Å². The van der Waals surface area contributed by atoms with Crippen molar-refractivity contribution in [1.82, 2.24) is 0 Å². The van der Waals surface area contributed by atoms with Gasteiger partial charge in [-0.05, 0) is 160 Å². The summed E-state index contributed by atoms with van der Waals surface area (Å²) < 4.78 is 0. The lowest BCUT2D eigenvalue weighted by molar-refractivity contribution is 0.768. The number of hydrogen-bond acceptors (Lipinski definition) is 1. The van der Waals surface area contributed by atoms with Crippen molar-refractivity contribution in [2.45, 2.75) is 23.7 Å². The van der Waals surface area contributed by atoms with Crippen LogP contribution in [0.1, 0.15) is 62.9 Å². The predicted octanol–water partition coefficient (Wildman–Crippen LogP) is 18.4. The predicted molar refractivity (Wildman–Crippen MR) is 304 cm³/mol. The molecule has 1 nitrogen and oxygen atoms in total. The highest BCUT2D eigenvalue weighted by molar-refractivity contribution is 6.07. The molecule has 0 fully saturated rings. The molecule has 0 aromatic heterocycles. The van der Waals surface area contributed by atoms with Gasteiger partial charge in [-0.25, -0.2) is 0 Å². The van der Waals surface area contributed by atoms with Crippen LogP contribution in [0.15, 0.2) is 273 Å². The summed E-state index contributed by atoms with van der Waals surface area (Å²) in [5, 5.41) is 2.57. The molecule has 0 bridgehead atoms. The Bertz CT molecular complexity index is 4030. The molecule has 1 atom stereocenters. The van der Waals surface area contributed by atoms with E-state index in [1.165, 1.54) is 111 Å². The molecule has 0 radical (unpaired) electrons. The van der Waals surface area contributed by atoms with Crippen LogP contribution in [0.2, 0.25) is 0 Å². The summed E-state index contributed by atoms with van der Waals surface area (Å²) in [4.78, 5) is 2.46. The third-order valence-electron chi connectivity index (χ3n) is 16.6. The van der Waals surface area contributed by atoms with Crippen molar-refractivity contribution in [2.75, 3.05) is 4.90 Å². The first-order chi connectivity index (χ1) is 36.2. The van der Waals surface area contributed by atoms with E-state index in [1.807, 2.05) is 0 Å². The van der Waals surface area contributed by atoms with Gasteiger partial charge in [-0.3, -0.25) is 0 Å². The molecule has 4 aliphatic carbocycles. The SMILES string of the molecule is C1=CC(c2ccc(N(c3ccc(-c4cccc5c4C4(c6ccccc6-5)c5ccccc5-c5c4ccc4ccccc54)cc3)c3ccc4c(c3)C(c3ccccc3)(c3ccccc3)c3ccccc3-4)cc2)=CCC1. The summed E-state index contributed by atoms with van der Waals surface area (Å²) in [6, 6.07) is 96.0. The van der Waals surface area contributed by atoms with Crippen molar-refractivity contribution in [3.63, 3.8) is 0 Å². The van der Waals surface area contributed by atoms with Crippen LogP contribution in [-0.2, 0) is 10.8 Å².